The number of fused-ring (bicyclic) bond motifs is 9. The molecule has 0 radical (unpaired) electrons. The van der Waals surface area contributed by atoms with Gasteiger partial charge < -0.3 is 13.7 Å². The maximum atomic E-state index is 2.47. The molecule has 8 aromatic carbocycles. The van der Waals surface area contributed by atoms with Gasteiger partial charge in [0.1, 0.15) is 0 Å². The Hall–Kier alpha value is -6.84. The Morgan fingerprint density at radius 2 is 0.655 bits per heavy atom. The molecule has 0 aliphatic heterocycles. The average Bonchev–Trinajstić information content (AvgIpc) is 3.82. The van der Waals surface area contributed by atoms with Gasteiger partial charge in [0.15, 0.2) is 0 Å². The normalized spacial score (nSPS) is 12.0. The quantitative estimate of drug-likeness (QED) is 0.173. The summed E-state index contributed by atoms with van der Waals surface area (Å²) in [6.45, 7) is 8.76. The summed E-state index contributed by atoms with van der Waals surface area (Å²) < 4.78 is 7.40. The van der Waals surface area contributed by atoms with Crippen molar-refractivity contribution >= 4 is 65.4 Å². The van der Waals surface area contributed by atoms with Crippen molar-refractivity contribution in [3.63, 3.8) is 0 Å². The Morgan fingerprint density at radius 1 is 0.291 bits per heavy atom. The van der Waals surface area contributed by atoms with Crippen LogP contribution < -0.4 is 0 Å². The lowest BCUT2D eigenvalue weighted by Gasteiger charge is -2.18. The molecule has 0 aliphatic rings. The molecule has 0 N–H and O–H groups in total. The molecule has 0 amide bonds. The number of aromatic nitrogens is 3. The molecule has 3 heterocycles. The first-order chi connectivity index (χ1) is 26.9. The zero-order chi connectivity index (χ0) is 36.9. The number of para-hydroxylation sites is 3. The Morgan fingerprint density at radius 3 is 1.09 bits per heavy atom. The van der Waals surface area contributed by atoms with E-state index in [0.717, 1.165) is 22.6 Å². The second-order valence-electron chi connectivity index (χ2n) is 15.4. The smallest absolute Gasteiger partial charge is 0.0541 e. The van der Waals surface area contributed by atoms with Crippen LogP contribution in [0.4, 0.5) is 0 Å². The van der Waals surface area contributed by atoms with Crippen LogP contribution in [0.15, 0.2) is 164 Å². The molecule has 3 heteroatoms. The fourth-order valence-corrected chi connectivity index (χ4v) is 9.16. The zero-order valence-electron chi connectivity index (χ0n) is 31.4. The van der Waals surface area contributed by atoms with E-state index in [-0.39, 0.29) is 0 Å². The van der Waals surface area contributed by atoms with Gasteiger partial charge in [-0.25, -0.2) is 0 Å². The summed E-state index contributed by atoms with van der Waals surface area (Å²) in [5.41, 5.74) is 18.0. The van der Waals surface area contributed by atoms with Gasteiger partial charge in [-0.3, -0.25) is 0 Å². The van der Waals surface area contributed by atoms with Crippen molar-refractivity contribution in [3.8, 4) is 28.2 Å². The molecule has 11 aromatic rings. The van der Waals surface area contributed by atoms with Crippen molar-refractivity contribution in [2.75, 3.05) is 0 Å². The van der Waals surface area contributed by atoms with Crippen molar-refractivity contribution in [3.05, 3.63) is 186 Å². The van der Waals surface area contributed by atoms with E-state index in [1.807, 2.05) is 0 Å². The van der Waals surface area contributed by atoms with Gasteiger partial charge in [0.2, 0.25) is 0 Å². The standard InChI is InChI=1S/C52H39N3/c1-32-17-21-49-42(25-32)43-26-33(2)18-22-50(43)53(49)37-29-36(30-38(31-37)54-51-23-19-34(3)27-44(51)45-28-35(4)20-24-52(45)54)39-11-5-8-14-46(39)55-47-15-9-6-12-40(47)41-13-7-10-16-48(41)55/h5-31H,1-4H3. The maximum absolute atomic E-state index is 2.47. The summed E-state index contributed by atoms with van der Waals surface area (Å²) in [7, 11) is 0. The van der Waals surface area contributed by atoms with E-state index in [0.29, 0.717) is 0 Å². The highest BCUT2D eigenvalue weighted by Crippen LogP contribution is 2.41. The van der Waals surface area contributed by atoms with E-state index in [4.69, 9.17) is 0 Å². The Balaban J connectivity index is 1.27. The van der Waals surface area contributed by atoms with Crippen molar-refractivity contribution in [2.45, 2.75) is 27.7 Å². The lowest BCUT2D eigenvalue weighted by atomic mass is 10.0. The van der Waals surface area contributed by atoms with Crippen LogP contribution in [0.25, 0.3) is 93.6 Å². The molecular weight excluding hydrogens is 667 g/mol. The van der Waals surface area contributed by atoms with Crippen LogP contribution in [0.2, 0.25) is 0 Å². The van der Waals surface area contributed by atoms with Crippen molar-refractivity contribution in [1.82, 2.24) is 13.7 Å². The number of rotatable bonds is 4. The van der Waals surface area contributed by atoms with Gasteiger partial charge >= 0.3 is 0 Å². The van der Waals surface area contributed by atoms with Crippen molar-refractivity contribution in [1.29, 1.82) is 0 Å². The molecule has 262 valence electrons. The molecule has 0 saturated carbocycles. The minimum Gasteiger partial charge on any atom is -0.309 e. The second-order valence-corrected chi connectivity index (χ2v) is 15.4. The SMILES string of the molecule is Cc1ccc2c(c1)c1cc(C)ccc1n2-c1cc(-c2ccccc2-n2c3ccccc3c3ccccc32)cc(-n2c3ccc(C)cc3c3cc(C)ccc32)c1. The van der Waals surface area contributed by atoms with Gasteiger partial charge in [-0.15, -0.1) is 0 Å². The number of aryl methyl sites for hydroxylation is 4. The fourth-order valence-electron chi connectivity index (χ4n) is 9.16. The van der Waals surface area contributed by atoms with Gasteiger partial charge in [0.05, 0.1) is 38.8 Å². The molecule has 3 aromatic heterocycles. The van der Waals surface area contributed by atoms with Crippen LogP contribution in [0.5, 0.6) is 0 Å². The monoisotopic (exact) mass is 705 g/mol. The van der Waals surface area contributed by atoms with E-state index in [1.54, 1.807) is 0 Å². The van der Waals surface area contributed by atoms with Crippen molar-refractivity contribution < 1.29 is 0 Å². The summed E-state index contributed by atoms with van der Waals surface area (Å²) in [4.78, 5) is 0. The Labute approximate surface area is 319 Å². The molecule has 55 heavy (non-hydrogen) atoms. The summed E-state index contributed by atoms with van der Waals surface area (Å²) in [5, 5.41) is 7.62. The third-order valence-electron chi connectivity index (χ3n) is 11.6. The summed E-state index contributed by atoms with van der Waals surface area (Å²) in [6, 6.07) is 61.2. The van der Waals surface area contributed by atoms with E-state index in [9.17, 15) is 0 Å². The van der Waals surface area contributed by atoms with Gasteiger partial charge in [-0.2, -0.15) is 0 Å². The largest absolute Gasteiger partial charge is 0.309 e. The molecule has 0 aliphatic carbocycles. The average molecular weight is 706 g/mol. The third-order valence-corrected chi connectivity index (χ3v) is 11.6. The molecule has 0 atom stereocenters. The van der Waals surface area contributed by atoms with Gasteiger partial charge in [0, 0.05) is 49.3 Å². The summed E-state index contributed by atoms with van der Waals surface area (Å²) in [6.07, 6.45) is 0. The first-order valence-electron chi connectivity index (χ1n) is 19.2. The maximum Gasteiger partial charge on any atom is 0.0541 e. The fraction of sp³-hybridized carbons (Fsp3) is 0.0769. The molecule has 0 bridgehead atoms. The molecule has 0 spiro atoms. The highest BCUT2D eigenvalue weighted by atomic mass is 15.0. The molecule has 0 unspecified atom stereocenters. The topological polar surface area (TPSA) is 14.8 Å². The Bertz CT molecular complexity index is 3050. The minimum atomic E-state index is 1.13. The second kappa shape index (κ2) is 11.8. The van der Waals surface area contributed by atoms with Crippen molar-refractivity contribution in [2.24, 2.45) is 0 Å². The van der Waals surface area contributed by atoms with Crippen LogP contribution in [0.1, 0.15) is 22.3 Å². The predicted molar refractivity (Wildman–Crippen MR) is 234 cm³/mol. The van der Waals surface area contributed by atoms with Gasteiger partial charge in [0.25, 0.3) is 0 Å². The number of nitrogens with zero attached hydrogens (tertiary/aromatic N) is 3. The van der Waals surface area contributed by atoms with Gasteiger partial charge in [-0.05, 0) is 118 Å². The predicted octanol–water partition coefficient (Wildman–Crippen LogP) is 13.9. The van der Waals surface area contributed by atoms with Crippen LogP contribution in [0.3, 0.4) is 0 Å². The first kappa shape index (κ1) is 31.7. The molecule has 3 nitrogen and oxygen atoms in total. The molecule has 11 rings (SSSR count). The van der Waals surface area contributed by atoms with E-state index >= 15 is 0 Å². The van der Waals surface area contributed by atoms with Crippen LogP contribution in [-0.2, 0) is 0 Å². The highest BCUT2D eigenvalue weighted by Gasteiger charge is 2.20. The van der Waals surface area contributed by atoms with Crippen LogP contribution in [-0.4, -0.2) is 13.7 Å². The lowest BCUT2D eigenvalue weighted by Crippen LogP contribution is -2.02. The van der Waals surface area contributed by atoms with Gasteiger partial charge in [-0.1, -0.05) is 101 Å². The molecule has 0 saturated heterocycles. The summed E-state index contributed by atoms with van der Waals surface area (Å²) >= 11 is 0. The first-order valence-corrected chi connectivity index (χ1v) is 19.2. The minimum absolute atomic E-state index is 1.13. The zero-order valence-corrected chi connectivity index (χ0v) is 31.4. The lowest BCUT2D eigenvalue weighted by molar-refractivity contribution is 1.13. The molecular formula is C52H39N3. The van der Waals surface area contributed by atoms with Crippen LogP contribution in [0, 0.1) is 27.7 Å². The summed E-state index contributed by atoms with van der Waals surface area (Å²) in [5.74, 6) is 0. The highest BCUT2D eigenvalue weighted by molar-refractivity contribution is 6.12. The third kappa shape index (κ3) is 4.76. The van der Waals surface area contributed by atoms with E-state index in [1.165, 1.54) is 93.2 Å². The van der Waals surface area contributed by atoms with Crippen LogP contribution >= 0.6 is 0 Å². The number of hydrogen-bond acceptors (Lipinski definition) is 0. The van der Waals surface area contributed by atoms with E-state index < -0.39 is 0 Å². The number of hydrogen-bond donors (Lipinski definition) is 0. The molecule has 0 fully saturated rings. The Kier molecular flexibility index (Phi) is 6.81. The van der Waals surface area contributed by atoms with E-state index in [2.05, 4.69) is 205 Å². The number of benzene rings is 8.